The van der Waals surface area contributed by atoms with Crippen LogP contribution >= 0.6 is 45.8 Å². The highest BCUT2D eigenvalue weighted by molar-refractivity contribution is 14.1. The first-order chi connectivity index (χ1) is 10.4. The molecule has 1 heterocycles. The summed E-state index contributed by atoms with van der Waals surface area (Å²) in [7, 11) is 0. The minimum absolute atomic E-state index is 0.198. The van der Waals surface area contributed by atoms with Crippen molar-refractivity contribution in [2.75, 3.05) is 5.32 Å². The number of hydrogen-bond donors (Lipinski definition) is 2. The van der Waals surface area contributed by atoms with E-state index in [9.17, 15) is 9.18 Å². The zero-order valence-electron chi connectivity index (χ0n) is 10.8. The zero-order valence-corrected chi connectivity index (χ0v) is 14.4. The minimum Gasteiger partial charge on any atom is -0.326 e. The van der Waals surface area contributed by atoms with Gasteiger partial charge in [0.15, 0.2) is 0 Å². The van der Waals surface area contributed by atoms with Crippen molar-refractivity contribution in [1.29, 1.82) is 0 Å². The first kappa shape index (κ1) is 15.5. The van der Waals surface area contributed by atoms with Crippen molar-refractivity contribution < 1.29 is 4.39 Å². The number of halogens is 4. The van der Waals surface area contributed by atoms with Crippen LogP contribution < -0.4 is 10.9 Å². The van der Waals surface area contributed by atoms with E-state index in [2.05, 4.69) is 15.3 Å². The van der Waals surface area contributed by atoms with Gasteiger partial charge in [-0.2, -0.15) is 0 Å². The lowest BCUT2D eigenvalue weighted by Crippen LogP contribution is -2.12. The molecule has 0 fully saturated rings. The number of H-pyrrole nitrogens is 1. The van der Waals surface area contributed by atoms with Crippen LogP contribution in [0.2, 0.25) is 10.0 Å². The molecule has 0 radical (unpaired) electrons. The lowest BCUT2D eigenvalue weighted by Gasteiger charge is -2.08. The normalized spacial score (nSPS) is 10.9. The maximum Gasteiger partial charge on any atom is 0.260 e. The van der Waals surface area contributed by atoms with Crippen molar-refractivity contribution in [2.45, 2.75) is 0 Å². The number of hydrogen-bond acceptors (Lipinski definition) is 3. The van der Waals surface area contributed by atoms with Gasteiger partial charge >= 0.3 is 0 Å². The number of aromatic amines is 1. The van der Waals surface area contributed by atoms with Gasteiger partial charge in [0.2, 0.25) is 5.95 Å². The summed E-state index contributed by atoms with van der Waals surface area (Å²) in [4.78, 5) is 18.9. The first-order valence-corrected chi connectivity index (χ1v) is 7.88. The number of aromatic nitrogens is 2. The van der Waals surface area contributed by atoms with E-state index in [0.29, 0.717) is 24.8 Å². The highest BCUT2D eigenvalue weighted by Gasteiger charge is 2.10. The van der Waals surface area contributed by atoms with Gasteiger partial charge in [-0.1, -0.05) is 23.2 Å². The van der Waals surface area contributed by atoms with Gasteiger partial charge in [-0.05, 0) is 52.9 Å². The Morgan fingerprint density at radius 2 is 1.95 bits per heavy atom. The molecule has 0 saturated carbocycles. The molecule has 4 nitrogen and oxygen atoms in total. The van der Waals surface area contributed by atoms with Crippen LogP contribution in [0.25, 0.3) is 10.9 Å². The average molecular weight is 450 g/mol. The quantitative estimate of drug-likeness (QED) is 0.556. The van der Waals surface area contributed by atoms with Crippen LogP contribution in [0.1, 0.15) is 0 Å². The van der Waals surface area contributed by atoms with E-state index in [4.69, 9.17) is 23.2 Å². The van der Waals surface area contributed by atoms with Crippen molar-refractivity contribution in [1.82, 2.24) is 9.97 Å². The Balaban J connectivity index is 2.08. The first-order valence-electron chi connectivity index (χ1n) is 6.05. The predicted molar refractivity (Wildman–Crippen MR) is 94.8 cm³/mol. The van der Waals surface area contributed by atoms with E-state index >= 15 is 0 Å². The second-order valence-electron chi connectivity index (χ2n) is 4.45. The molecule has 3 aromatic rings. The molecule has 0 spiro atoms. The molecule has 0 bridgehead atoms. The number of anilines is 2. The smallest absolute Gasteiger partial charge is 0.260 e. The summed E-state index contributed by atoms with van der Waals surface area (Å²) >= 11 is 13.7. The Morgan fingerprint density at radius 3 is 2.68 bits per heavy atom. The Bertz CT molecular complexity index is 945. The Morgan fingerprint density at radius 1 is 1.18 bits per heavy atom. The van der Waals surface area contributed by atoms with Crippen molar-refractivity contribution in [3.63, 3.8) is 0 Å². The molecular weight excluding hydrogens is 443 g/mol. The standard InChI is InChI=1S/C14H7Cl2FIN3O/c15-9-2-1-7(5-10(9)16)19-14-20-12-8(13(22)21-14)3-6(17)4-11(12)18/h1-5H,(H2,19,20,21,22). The number of nitrogens with one attached hydrogen (secondary N) is 2. The molecule has 22 heavy (non-hydrogen) atoms. The Hall–Kier alpha value is -1.38. The Kier molecular flexibility index (Phi) is 4.24. The molecule has 0 atom stereocenters. The fraction of sp³-hybridized carbons (Fsp3) is 0. The lowest BCUT2D eigenvalue weighted by atomic mass is 10.2. The van der Waals surface area contributed by atoms with Crippen LogP contribution in [0.5, 0.6) is 0 Å². The van der Waals surface area contributed by atoms with Gasteiger partial charge in [0.05, 0.1) is 20.9 Å². The largest absolute Gasteiger partial charge is 0.326 e. The van der Waals surface area contributed by atoms with Crippen LogP contribution in [-0.2, 0) is 0 Å². The van der Waals surface area contributed by atoms with E-state index in [1.807, 2.05) is 22.6 Å². The maximum atomic E-state index is 13.4. The molecule has 2 N–H and O–H groups in total. The highest BCUT2D eigenvalue weighted by Crippen LogP contribution is 2.26. The van der Waals surface area contributed by atoms with Crippen LogP contribution in [-0.4, -0.2) is 9.97 Å². The number of rotatable bonds is 2. The summed E-state index contributed by atoms with van der Waals surface area (Å²) in [5.74, 6) is -0.241. The third-order valence-corrected chi connectivity index (χ3v) is 4.47. The van der Waals surface area contributed by atoms with E-state index < -0.39 is 11.4 Å². The van der Waals surface area contributed by atoms with Crippen LogP contribution in [0.3, 0.4) is 0 Å². The summed E-state index contributed by atoms with van der Waals surface area (Å²) in [6, 6.07) is 7.42. The summed E-state index contributed by atoms with van der Waals surface area (Å²) in [6.07, 6.45) is 0. The monoisotopic (exact) mass is 449 g/mol. The predicted octanol–water partition coefficient (Wildman–Crippen LogP) is 4.72. The molecular formula is C14H7Cl2FIN3O. The number of benzene rings is 2. The SMILES string of the molecule is O=c1[nH]c(Nc2ccc(Cl)c(Cl)c2)nc2c(I)cc(F)cc12. The number of fused-ring (bicyclic) bond motifs is 1. The van der Waals surface area contributed by atoms with E-state index in [0.717, 1.165) is 6.07 Å². The lowest BCUT2D eigenvalue weighted by molar-refractivity contribution is 0.628. The van der Waals surface area contributed by atoms with Gasteiger partial charge in [-0.25, -0.2) is 9.37 Å². The van der Waals surface area contributed by atoms with Crippen molar-refractivity contribution in [2.24, 2.45) is 0 Å². The zero-order chi connectivity index (χ0) is 15.9. The topological polar surface area (TPSA) is 57.8 Å². The molecule has 3 rings (SSSR count). The summed E-state index contributed by atoms with van der Waals surface area (Å²) in [5.41, 5.74) is 0.618. The van der Waals surface area contributed by atoms with Crippen LogP contribution in [0, 0.1) is 9.39 Å². The number of nitrogens with zero attached hydrogens (tertiary/aromatic N) is 1. The summed E-state index contributed by atoms with van der Waals surface area (Å²) in [5, 5.41) is 3.95. The average Bonchev–Trinajstić information content (AvgIpc) is 2.44. The van der Waals surface area contributed by atoms with Gasteiger partial charge < -0.3 is 5.32 Å². The van der Waals surface area contributed by atoms with Crippen LogP contribution in [0.15, 0.2) is 35.1 Å². The van der Waals surface area contributed by atoms with E-state index in [1.165, 1.54) is 6.07 Å². The Labute approximate surface area is 147 Å². The van der Waals surface area contributed by atoms with E-state index in [-0.39, 0.29) is 11.3 Å². The molecule has 0 aliphatic heterocycles. The molecule has 0 aliphatic carbocycles. The molecule has 2 aromatic carbocycles. The third-order valence-electron chi connectivity index (χ3n) is 2.91. The van der Waals surface area contributed by atoms with Gasteiger partial charge in [0.25, 0.3) is 5.56 Å². The maximum absolute atomic E-state index is 13.4. The van der Waals surface area contributed by atoms with Crippen molar-refractivity contribution >= 4 is 68.3 Å². The van der Waals surface area contributed by atoms with E-state index in [1.54, 1.807) is 18.2 Å². The van der Waals surface area contributed by atoms with Crippen molar-refractivity contribution in [3.8, 4) is 0 Å². The molecule has 8 heteroatoms. The molecule has 0 saturated heterocycles. The van der Waals surface area contributed by atoms with Crippen molar-refractivity contribution in [3.05, 3.63) is 60.1 Å². The molecule has 0 unspecified atom stereocenters. The van der Waals surface area contributed by atoms with Gasteiger partial charge in [-0.3, -0.25) is 9.78 Å². The van der Waals surface area contributed by atoms with Gasteiger partial charge in [0.1, 0.15) is 5.82 Å². The fourth-order valence-electron chi connectivity index (χ4n) is 1.94. The van der Waals surface area contributed by atoms with Gasteiger partial charge in [0, 0.05) is 9.26 Å². The molecule has 1 aromatic heterocycles. The summed E-state index contributed by atoms with van der Waals surface area (Å²) in [6.45, 7) is 0. The molecule has 0 amide bonds. The molecule has 112 valence electrons. The second kappa shape index (κ2) is 6.02. The minimum atomic E-state index is -0.477. The highest BCUT2D eigenvalue weighted by atomic mass is 127. The third kappa shape index (κ3) is 3.04. The molecule has 0 aliphatic rings. The fourth-order valence-corrected chi connectivity index (χ4v) is 2.94. The summed E-state index contributed by atoms with van der Waals surface area (Å²) < 4.78 is 13.9. The van der Waals surface area contributed by atoms with Crippen LogP contribution in [0.4, 0.5) is 16.0 Å². The van der Waals surface area contributed by atoms with Gasteiger partial charge in [-0.15, -0.1) is 0 Å². The second-order valence-corrected chi connectivity index (χ2v) is 6.43.